The fourth-order valence-corrected chi connectivity index (χ4v) is 4.35. The van der Waals surface area contributed by atoms with Crippen LogP contribution in [0.2, 0.25) is 0 Å². The minimum Gasteiger partial charge on any atom is -0.484 e. The predicted molar refractivity (Wildman–Crippen MR) is 116 cm³/mol. The van der Waals surface area contributed by atoms with Crippen molar-refractivity contribution in [1.29, 1.82) is 0 Å². The van der Waals surface area contributed by atoms with Crippen molar-refractivity contribution in [3.05, 3.63) is 54.1 Å². The van der Waals surface area contributed by atoms with Crippen LogP contribution in [-0.4, -0.2) is 45.0 Å². The summed E-state index contributed by atoms with van der Waals surface area (Å²) in [6.45, 7) is 9.72. The molecule has 0 aliphatic heterocycles. The van der Waals surface area contributed by atoms with Crippen molar-refractivity contribution >= 4 is 21.6 Å². The topological polar surface area (TPSA) is 66.9 Å². The van der Waals surface area contributed by atoms with Crippen LogP contribution >= 0.6 is 0 Å². The van der Waals surface area contributed by atoms with Crippen LogP contribution in [0.25, 0.3) is 0 Å². The number of hydrogen-bond acceptors (Lipinski definition) is 4. The summed E-state index contributed by atoms with van der Waals surface area (Å²) >= 11 is 0. The Balaban J connectivity index is 2.08. The predicted octanol–water partition coefficient (Wildman–Crippen LogP) is 3.84. The molecule has 1 amide bonds. The Morgan fingerprint density at radius 2 is 1.45 bits per heavy atom. The van der Waals surface area contributed by atoms with Gasteiger partial charge in [0, 0.05) is 19.1 Å². The van der Waals surface area contributed by atoms with Gasteiger partial charge >= 0.3 is 0 Å². The van der Waals surface area contributed by atoms with Crippen LogP contribution in [0.5, 0.6) is 5.75 Å². The van der Waals surface area contributed by atoms with Crippen LogP contribution in [0.15, 0.2) is 53.4 Å². The number of sulfonamides is 1. The largest absolute Gasteiger partial charge is 0.484 e. The SMILES string of the molecule is Cc1ccc(S(=O)(=O)N(C)c2ccc(OCC(=O)N(C(C)C)C(C)C)cc2)cc1. The molecule has 0 aliphatic carbocycles. The van der Waals surface area contributed by atoms with Crippen molar-refractivity contribution in [3.8, 4) is 5.75 Å². The fraction of sp³-hybridized carbons (Fsp3) is 0.409. The molecular weight excluding hydrogens is 388 g/mol. The summed E-state index contributed by atoms with van der Waals surface area (Å²) in [5.74, 6) is 0.425. The summed E-state index contributed by atoms with van der Waals surface area (Å²) < 4.78 is 32.4. The number of rotatable bonds is 8. The molecule has 0 fully saturated rings. The van der Waals surface area contributed by atoms with Gasteiger partial charge in [-0.2, -0.15) is 0 Å². The molecule has 29 heavy (non-hydrogen) atoms. The molecule has 0 spiro atoms. The number of aryl methyl sites for hydroxylation is 1. The first-order valence-corrected chi connectivity index (χ1v) is 11.1. The highest BCUT2D eigenvalue weighted by atomic mass is 32.2. The lowest BCUT2D eigenvalue weighted by Gasteiger charge is -2.30. The first-order valence-electron chi connectivity index (χ1n) is 9.63. The lowest BCUT2D eigenvalue weighted by molar-refractivity contribution is -0.136. The molecule has 0 aliphatic rings. The highest BCUT2D eigenvalue weighted by molar-refractivity contribution is 7.92. The van der Waals surface area contributed by atoms with Crippen molar-refractivity contribution < 1.29 is 17.9 Å². The zero-order chi connectivity index (χ0) is 21.8. The Labute approximate surface area is 174 Å². The molecule has 0 unspecified atom stereocenters. The van der Waals surface area contributed by atoms with Gasteiger partial charge in [-0.05, 0) is 71.0 Å². The van der Waals surface area contributed by atoms with Gasteiger partial charge in [-0.1, -0.05) is 17.7 Å². The van der Waals surface area contributed by atoms with Crippen molar-refractivity contribution in [2.24, 2.45) is 0 Å². The third-order valence-corrected chi connectivity index (χ3v) is 6.44. The van der Waals surface area contributed by atoms with E-state index in [4.69, 9.17) is 4.74 Å². The van der Waals surface area contributed by atoms with E-state index < -0.39 is 10.0 Å². The van der Waals surface area contributed by atoms with Gasteiger partial charge in [0.25, 0.3) is 15.9 Å². The second-order valence-electron chi connectivity index (χ2n) is 7.56. The molecule has 0 saturated heterocycles. The van der Waals surface area contributed by atoms with Gasteiger partial charge < -0.3 is 9.64 Å². The number of anilines is 1. The van der Waals surface area contributed by atoms with Gasteiger partial charge in [-0.25, -0.2) is 8.42 Å². The molecule has 0 saturated carbocycles. The molecular formula is C22H30N2O4S. The highest BCUT2D eigenvalue weighted by Gasteiger charge is 2.22. The van der Waals surface area contributed by atoms with E-state index in [2.05, 4.69) is 0 Å². The van der Waals surface area contributed by atoms with Crippen molar-refractivity contribution in [2.75, 3.05) is 18.0 Å². The maximum absolute atomic E-state index is 12.8. The van der Waals surface area contributed by atoms with Crippen molar-refractivity contribution in [1.82, 2.24) is 4.90 Å². The smallest absolute Gasteiger partial charge is 0.264 e. The van der Waals surface area contributed by atoms with Crippen LogP contribution in [0.1, 0.15) is 33.3 Å². The van der Waals surface area contributed by atoms with Gasteiger partial charge in [-0.3, -0.25) is 9.10 Å². The maximum Gasteiger partial charge on any atom is 0.264 e. The molecule has 2 aromatic rings. The summed E-state index contributed by atoms with van der Waals surface area (Å²) in [5, 5.41) is 0. The van der Waals surface area contributed by atoms with Gasteiger partial charge in [0.1, 0.15) is 5.75 Å². The van der Waals surface area contributed by atoms with Gasteiger partial charge in [-0.15, -0.1) is 0 Å². The average Bonchev–Trinajstić information content (AvgIpc) is 2.66. The van der Waals surface area contributed by atoms with E-state index in [0.29, 0.717) is 11.4 Å². The summed E-state index contributed by atoms with van der Waals surface area (Å²) in [5.41, 5.74) is 1.51. The summed E-state index contributed by atoms with van der Waals surface area (Å²) in [4.78, 5) is 14.4. The van der Waals surface area contributed by atoms with Crippen LogP contribution in [-0.2, 0) is 14.8 Å². The number of ether oxygens (including phenoxy) is 1. The van der Waals surface area contributed by atoms with Crippen LogP contribution in [0.3, 0.4) is 0 Å². The van der Waals surface area contributed by atoms with E-state index in [1.54, 1.807) is 53.4 Å². The third kappa shape index (κ3) is 5.50. The molecule has 0 atom stereocenters. The number of amides is 1. The quantitative estimate of drug-likeness (QED) is 0.653. The molecule has 2 rings (SSSR count). The number of hydrogen-bond donors (Lipinski definition) is 0. The van der Waals surface area contributed by atoms with E-state index >= 15 is 0 Å². The lowest BCUT2D eigenvalue weighted by Crippen LogP contribution is -2.44. The monoisotopic (exact) mass is 418 g/mol. The molecule has 0 aromatic heterocycles. The Morgan fingerprint density at radius 1 is 0.931 bits per heavy atom. The fourth-order valence-electron chi connectivity index (χ4n) is 3.15. The first kappa shape index (κ1) is 22.7. The normalized spacial score (nSPS) is 11.6. The second-order valence-corrected chi connectivity index (χ2v) is 9.53. The Morgan fingerprint density at radius 3 is 1.93 bits per heavy atom. The second kappa shape index (κ2) is 9.31. The highest BCUT2D eigenvalue weighted by Crippen LogP contribution is 2.24. The number of nitrogens with zero attached hydrogens (tertiary/aromatic N) is 2. The molecule has 158 valence electrons. The minimum atomic E-state index is -3.65. The Kier molecular flexibility index (Phi) is 7.30. The van der Waals surface area contributed by atoms with E-state index in [9.17, 15) is 13.2 Å². The molecule has 0 radical (unpaired) electrons. The van der Waals surface area contributed by atoms with Crippen LogP contribution < -0.4 is 9.04 Å². The number of benzene rings is 2. The molecule has 0 heterocycles. The first-order chi connectivity index (χ1) is 13.5. The van der Waals surface area contributed by atoms with E-state index in [1.165, 1.54) is 11.4 Å². The van der Waals surface area contributed by atoms with Crippen LogP contribution in [0.4, 0.5) is 5.69 Å². The molecule has 0 bridgehead atoms. The van der Waals surface area contributed by atoms with Gasteiger partial charge in [0.15, 0.2) is 6.61 Å². The summed E-state index contributed by atoms with van der Waals surface area (Å²) in [6, 6.07) is 13.6. The van der Waals surface area contributed by atoms with Gasteiger partial charge in [0.2, 0.25) is 0 Å². The lowest BCUT2D eigenvalue weighted by atomic mass is 10.2. The zero-order valence-electron chi connectivity index (χ0n) is 17.9. The summed E-state index contributed by atoms with van der Waals surface area (Å²) in [7, 11) is -2.13. The molecule has 0 N–H and O–H groups in total. The number of carbonyl (C=O) groups is 1. The molecule has 7 heteroatoms. The molecule has 2 aromatic carbocycles. The summed E-state index contributed by atoms with van der Waals surface area (Å²) in [6.07, 6.45) is 0. The van der Waals surface area contributed by atoms with Crippen LogP contribution in [0, 0.1) is 6.92 Å². The van der Waals surface area contributed by atoms with Gasteiger partial charge in [0.05, 0.1) is 10.6 Å². The average molecular weight is 419 g/mol. The zero-order valence-corrected chi connectivity index (χ0v) is 18.7. The van der Waals surface area contributed by atoms with Crippen molar-refractivity contribution in [3.63, 3.8) is 0 Å². The maximum atomic E-state index is 12.8. The number of carbonyl (C=O) groups excluding carboxylic acids is 1. The Hall–Kier alpha value is -2.54. The van der Waals surface area contributed by atoms with Crippen molar-refractivity contribution in [2.45, 2.75) is 51.6 Å². The van der Waals surface area contributed by atoms with E-state index in [1.807, 2.05) is 34.6 Å². The molecule has 6 nitrogen and oxygen atoms in total. The van der Waals surface area contributed by atoms with E-state index in [0.717, 1.165) is 5.56 Å². The van der Waals surface area contributed by atoms with E-state index in [-0.39, 0.29) is 29.5 Å². The third-order valence-electron chi connectivity index (χ3n) is 4.64. The Bertz CT molecular complexity index is 912. The standard InChI is InChI=1S/C22H30N2O4S/c1-16(2)24(17(3)4)22(25)15-28-20-11-9-19(10-12-20)23(6)29(26,27)21-13-7-18(5)8-14-21/h7-14,16-17H,15H2,1-6H3. The minimum absolute atomic E-state index is 0.0623.